The van der Waals surface area contributed by atoms with Gasteiger partial charge >= 0.3 is 0 Å². The number of hydrogen-bond acceptors (Lipinski definition) is 1. The molecule has 0 aromatic heterocycles. The van der Waals surface area contributed by atoms with E-state index in [-0.39, 0.29) is 5.41 Å². The monoisotopic (exact) mass is 320 g/mol. The molecule has 0 bridgehead atoms. The summed E-state index contributed by atoms with van der Waals surface area (Å²) in [4.78, 5) is 0. The maximum absolute atomic E-state index is 5.38. The van der Waals surface area contributed by atoms with E-state index in [1.165, 1.54) is 16.7 Å². The maximum atomic E-state index is 5.38. The molecule has 0 aliphatic rings. The van der Waals surface area contributed by atoms with Gasteiger partial charge in [0.25, 0.3) is 0 Å². The summed E-state index contributed by atoms with van der Waals surface area (Å²) in [5.41, 5.74) is 3.67. The Morgan fingerprint density at radius 1 is 0.609 bits per heavy atom. The number of hydrogen-bond donors (Lipinski definition) is 0. The predicted molar refractivity (Wildman–Crippen MR) is 99.5 cm³/mol. The van der Waals surface area contributed by atoms with E-state index in [0.29, 0.717) is 6.61 Å². The fourth-order valence-corrected chi connectivity index (χ4v) is 3.43. The Bertz CT molecular complexity index is 614. The van der Waals surface area contributed by atoms with Crippen molar-refractivity contribution in [1.82, 2.24) is 0 Å². The van der Waals surface area contributed by atoms with Gasteiger partial charge in [0, 0.05) is 14.9 Å². The first kappa shape index (κ1) is 15.9. The minimum absolute atomic E-state index is 0.208. The first-order valence-electron chi connectivity index (χ1n) is 7.86. The van der Waals surface area contributed by atoms with Crippen LogP contribution >= 0.6 is 9.47 Å². The van der Waals surface area contributed by atoms with Crippen molar-refractivity contribution >= 4 is 9.47 Å². The Balaban J connectivity index is 2.25. The molecule has 116 valence electrons. The van der Waals surface area contributed by atoms with Crippen LogP contribution in [0, 0.1) is 0 Å². The first-order valence-corrected chi connectivity index (χ1v) is 8.33. The van der Waals surface area contributed by atoms with Gasteiger partial charge in [-0.15, -0.1) is 0 Å². The van der Waals surface area contributed by atoms with Crippen LogP contribution in [-0.4, -0.2) is 6.61 Å². The molecule has 1 unspecified atom stereocenters. The van der Waals surface area contributed by atoms with Gasteiger partial charge in [-0.1, -0.05) is 91.0 Å². The van der Waals surface area contributed by atoms with E-state index in [1.54, 1.807) is 0 Å². The highest BCUT2D eigenvalue weighted by Gasteiger charge is 2.35. The SMILES string of the molecule is POCCC(c1ccccc1)(c1ccccc1)c1ccccc1. The summed E-state index contributed by atoms with van der Waals surface area (Å²) in [7, 11) is 2.37. The van der Waals surface area contributed by atoms with Crippen molar-refractivity contribution in [2.75, 3.05) is 6.61 Å². The van der Waals surface area contributed by atoms with Crippen LogP contribution in [0.2, 0.25) is 0 Å². The molecule has 0 heterocycles. The molecule has 0 saturated heterocycles. The normalized spacial score (nSPS) is 11.3. The van der Waals surface area contributed by atoms with Gasteiger partial charge in [0.05, 0.1) is 6.61 Å². The summed E-state index contributed by atoms with van der Waals surface area (Å²) in [5, 5.41) is 0. The van der Waals surface area contributed by atoms with Crippen molar-refractivity contribution in [3.8, 4) is 0 Å². The Morgan fingerprint density at radius 3 is 1.26 bits per heavy atom. The third-order valence-electron chi connectivity index (χ3n) is 4.39. The van der Waals surface area contributed by atoms with Gasteiger partial charge in [-0.2, -0.15) is 0 Å². The highest BCUT2D eigenvalue weighted by molar-refractivity contribution is 7.09. The van der Waals surface area contributed by atoms with Gasteiger partial charge in [-0.25, -0.2) is 0 Å². The molecule has 0 aliphatic heterocycles. The second-order valence-corrected chi connectivity index (χ2v) is 5.96. The van der Waals surface area contributed by atoms with Crippen LogP contribution < -0.4 is 0 Å². The second-order valence-electron chi connectivity index (χ2n) is 5.62. The third kappa shape index (κ3) is 3.22. The summed E-state index contributed by atoms with van der Waals surface area (Å²) in [5.74, 6) is 0. The Kier molecular flexibility index (Phi) is 5.23. The lowest BCUT2D eigenvalue weighted by molar-refractivity contribution is 0.329. The third-order valence-corrected chi connectivity index (χ3v) is 4.63. The Morgan fingerprint density at radius 2 is 0.957 bits per heavy atom. The smallest absolute Gasteiger partial charge is 0.0516 e. The van der Waals surface area contributed by atoms with E-state index >= 15 is 0 Å². The molecule has 1 nitrogen and oxygen atoms in total. The quantitative estimate of drug-likeness (QED) is 0.447. The largest absolute Gasteiger partial charge is 0.366 e. The van der Waals surface area contributed by atoms with Crippen LogP contribution in [0.15, 0.2) is 91.0 Å². The van der Waals surface area contributed by atoms with E-state index in [0.717, 1.165) is 6.42 Å². The summed E-state index contributed by atoms with van der Waals surface area (Å²) < 4.78 is 5.38. The lowest BCUT2D eigenvalue weighted by atomic mass is 9.67. The molecule has 0 fully saturated rings. The molecule has 0 radical (unpaired) electrons. The van der Waals surface area contributed by atoms with E-state index in [4.69, 9.17) is 4.52 Å². The fourth-order valence-electron chi connectivity index (χ4n) is 3.31. The van der Waals surface area contributed by atoms with Crippen LogP contribution in [0.25, 0.3) is 0 Å². The molecule has 0 spiro atoms. The summed E-state index contributed by atoms with van der Waals surface area (Å²) >= 11 is 0. The topological polar surface area (TPSA) is 9.23 Å². The minimum atomic E-state index is -0.208. The van der Waals surface area contributed by atoms with Crippen molar-refractivity contribution in [2.45, 2.75) is 11.8 Å². The summed E-state index contributed by atoms with van der Waals surface area (Å²) in [6, 6.07) is 32.1. The maximum Gasteiger partial charge on any atom is 0.0516 e. The van der Waals surface area contributed by atoms with Gasteiger partial charge in [0.2, 0.25) is 0 Å². The standard InChI is InChI=1S/C21H21OP/c23-22-17-16-21(18-10-4-1-5-11-18,19-12-6-2-7-13-19)20-14-8-3-9-15-20/h1-15H,16-17,23H2. The first-order chi connectivity index (χ1) is 11.4. The molecule has 3 rings (SSSR count). The van der Waals surface area contributed by atoms with Crippen molar-refractivity contribution in [2.24, 2.45) is 0 Å². The van der Waals surface area contributed by atoms with Crippen LogP contribution in [-0.2, 0) is 9.94 Å². The minimum Gasteiger partial charge on any atom is -0.366 e. The highest BCUT2D eigenvalue weighted by atomic mass is 31.0. The van der Waals surface area contributed by atoms with Gasteiger partial charge in [-0.05, 0) is 23.1 Å². The molecule has 0 N–H and O–H groups in total. The van der Waals surface area contributed by atoms with Crippen molar-refractivity contribution in [3.63, 3.8) is 0 Å². The molecule has 2 heteroatoms. The Hall–Kier alpha value is -1.95. The molecule has 3 aromatic carbocycles. The van der Waals surface area contributed by atoms with E-state index in [1.807, 2.05) is 0 Å². The zero-order valence-electron chi connectivity index (χ0n) is 13.1. The van der Waals surface area contributed by atoms with Crippen LogP contribution in [0.4, 0.5) is 0 Å². The molecular formula is C21H21OP. The zero-order chi connectivity index (χ0) is 16.0. The molecule has 1 atom stereocenters. The van der Waals surface area contributed by atoms with E-state index in [9.17, 15) is 0 Å². The Labute approximate surface area is 140 Å². The summed E-state index contributed by atoms with van der Waals surface area (Å²) in [6.07, 6.45) is 0.883. The van der Waals surface area contributed by atoms with Crippen LogP contribution in [0.1, 0.15) is 23.1 Å². The highest BCUT2D eigenvalue weighted by Crippen LogP contribution is 2.42. The van der Waals surface area contributed by atoms with Gasteiger partial charge in [0.1, 0.15) is 0 Å². The molecular weight excluding hydrogens is 299 g/mol. The van der Waals surface area contributed by atoms with Crippen LogP contribution in [0.3, 0.4) is 0 Å². The van der Waals surface area contributed by atoms with Crippen LogP contribution in [0.5, 0.6) is 0 Å². The lowest BCUT2D eigenvalue weighted by Gasteiger charge is -2.36. The summed E-state index contributed by atoms with van der Waals surface area (Å²) in [6.45, 7) is 0.670. The van der Waals surface area contributed by atoms with Gasteiger partial charge in [-0.3, -0.25) is 0 Å². The average molecular weight is 320 g/mol. The van der Waals surface area contributed by atoms with Crippen molar-refractivity contribution in [1.29, 1.82) is 0 Å². The van der Waals surface area contributed by atoms with Gasteiger partial charge in [0.15, 0.2) is 0 Å². The fraction of sp³-hybridized carbons (Fsp3) is 0.143. The number of benzene rings is 3. The molecule has 0 saturated carbocycles. The molecule has 0 amide bonds. The average Bonchev–Trinajstić information content (AvgIpc) is 2.65. The lowest BCUT2D eigenvalue weighted by Crippen LogP contribution is -2.30. The second kappa shape index (κ2) is 7.55. The van der Waals surface area contributed by atoms with Gasteiger partial charge < -0.3 is 4.52 Å². The zero-order valence-corrected chi connectivity index (χ0v) is 14.2. The van der Waals surface area contributed by atoms with E-state index < -0.39 is 0 Å². The van der Waals surface area contributed by atoms with Crippen molar-refractivity contribution in [3.05, 3.63) is 108 Å². The predicted octanol–water partition coefficient (Wildman–Crippen LogP) is 5.22. The molecule has 0 aliphatic carbocycles. The number of rotatable bonds is 6. The van der Waals surface area contributed by atoms with Crippen molar-refractivity contribution < 1.29 is 4.52 Å². The molecule has 3 aromatic rings. The van der Waals surface area contributed by atoms with E-state index in [2.05, 4.69) is 100 Å². The molecule has 23 heavy (non-hydrogen) atoms.